The maximum Gasteiger partial charge on any atom is 0.302 e. The number of halogens is 2. The van der Waals surface area contributed by atoms with Gasteiger partial charge in [0.25, 0.3) is 0 Å². The summed E-state index contributed by atoms with van der Waals surface area (Å²) in [6, 6.07) is 0. The van der Waals surface area contributed by atoms with Crippen LogP contribution in [0.4, 0.5) is 0 Å². The van der Waals surface area contributed by atoms with Crippen LogP contribution >= 0.6 is 31.9 Å². The molecule has 1 aliphatic heterocycles. The minimum atomic E-state index is -0.211. The summed E-state index contributed by atoms with van der Waals surface area (Å²) in [6.45, 7) is 29.8. The first kappa shape index (κ1) is 51.8. The Hall–Kier alpha value is -0.980. The summed E-state index contributed by atoms with van der Waals surface area (Å²) in [4.78, 5) is 21.5. The van der Waals surface area contributed by atoms with Crippen molar-refractivity contribution in [2.24, 2.45) is 53.3 Å². The fraction of sp³-hybridized carbons (Fsp3) is 0.750. The Morgan fingerprint density at radius 1 is 0.826 bits per heavy atom. The lowest BCUT2D eigenvalue weighted by molar-refractivity contribution is -0.140. The second kappa shape index (κ2) is 27.9. The Kier molecular flexibility index (Phi) is 31.5. The third-order valence-electron chi connectivity index (χ3n) is 9.86. The smallest absolute Gasteiger partial charge is 0.302 e. The summed E-state index contributed by atoms with van der Waals surface area (Å²) < 4.78 is 9.35. The average molecular weight is 779 g/mol. The number of allylic oxidation sites excluding steroid dienone is 7. The zero-order valence-electron chi connectivity index (χ0n) is 29.0. The van der Waals surface area contributed by atoms with E-state index in [2.05, 4.69) is 117 Å². The van der Waals surface area contributed by atoms with E-state index in [1.807, 2.05) is 13.0 Å². The van der Waals surface area contributed by atoms with Gasteiger partial charge in [-0.2, -0.15) is 0 Å². The molecule has 1 heterocycles. The van der Waals surface area contributed by atoms with Crippen molar-refractivity contribution in [2.45, 2.75) is 116 Å². The SMILES string of the molecule is C.C.C.C1CCOC1.C=C1C=CC(C)C(C)C1C.CC1C(CBr)=CC(Br)C(C)C1C.CC1C=CC(=O)C(C)C1C.CCOC(C)=O. The van der Waals surface area contributed by atoms with Gasteiger partial charge in [-0.05, 0) is 73.2 Å². The van der Waals surface area contributed by atoms with Gasteiger partial charge < -0.3 is 9.47 Å². The summed E-state index contributed by atoms with van der Waals surface area (Å²) in [5.74, 6) is 5.79. The molecular formula is C40H74Br2O4. The average Bonchev–Trinajstić information content (AvgIpc) is 3.57. The minimum absolute atomic E-state index is 0. The molecule has 0 saturated carbocycles. The van der Waals surface area contributed by atoms with Crippen LogP contribution in [-0.4, -0.2) is 41.7 Å². The van der Waals surface area contributed by atoms with Crippen molar-refractivity contribution in [3.8, 4) is 0 Å². The quantitative estimate of drug-likeness (QED) is 0.159. The van der Waals surface area contributed by atoms with Gasteiger partial charge in [0.15, 0.2) is 5.78 Å². The molecule has 10 unspecified atom stereocenters. The molecule has 272 valence electrons. The van der Waals surface area contributed by atoms with E-state index in [4.69, 9.17) is 4.74 Å². The maximum absolute atomic E-state index is 11.1. The van der Waals surface area contributed by atoms with Crippen molar-refractivity contribution < 1.29 is 19.1 Å². The van der Waals surface area contributed by atoms with E-state index in [0.717, 1.165) is 48.1 Å². The van der Waals surface area contributed by atoms with Gasteiger partial charge in [-0.1, -0.05) is 158 Å². The van der Waals surface area contributed by atoms with Crippen LogP contribution in [0.1, 0.15) is 111 Å². The second-order valence-corrected chi connectivity index (χ2v) is 14.4. The number of alkyl halides is 2. The Morgan fingerprint density at radius 3 is 1.65 bits per heavy atom. The highest BCUT2D eigenvalue weighted by Crippen LogP contribution is 2.38. The molecule has 10 atom stereocenters. The molecule has 0 spiro atoms. The second-order valence-electron chi connectivity index (χ2n) is 12.8. The Bertz CT molecular complexity index is 873. The predicted octanol–water partition coefficient (Wildman–Crippen LogP) is 12.3. The first-order valence-electron chi connectivity index (χ1n) is 16.3. The van der Waals surface area contributed by atoms with Crippen molar-refractivity contribution in [1.82, 2.24) is 0 Å². The van der Waals surface area contributed by atoms with Gasteiger partial charge in [0, 0.05) is 36.2 Å². The number of carbonyl (C=O) groups is 2. The third-order valence-corrected chi connectivity index (χ3v) is 11.6. The lowest BCUT2D eigenvalue weighted by Crippen LogP contribution is -2.29. The van der Waals surface area contributed by atoms with Crippen LogP contribution in [0, 0.1) is 53.3 Å². The van der Waals surface area contributed by atoms with E-state index in [0.29, 0.717) is 29.2 Å². The summed E-state index contributed by atoms with van der Waals surface area (Å²) >= 11 is 7.24. The van der Waals surface area contributed by atoms with E-state index < -0.39 is 0 Å². The van der Waals surface area contributed by atoms with Crippen molar-refractivity contribution in [1.29, 1.82) is 0 Å². The zero-order valence-corrected chi connectivity index (χ0v) is 32.2. The van der Waals surface area contributed by atoms with E-state index in [1.165, 1.54) is 25.3 Å². The van der Waals surface area contributed by atoms with Crippen LogP contribution in [0.25, 0.3) is 0 Å². The number of carbonyl (C=O) groups excluding carboxylic acids is 2. The Balaban J connectivity index is -0.000000243. The summed E-state index contributed by atoms with van der Waals surface area (Å²) in [5, 5.41) is 1.02. The molecule has 3 aliphatic carbocycles. The van der Waals surface area contributed by atoms with Crippen molar-refractivity contribution >= 4 is 43.6 Å². The van der Waals surface area contributed by atoms with Crippen LogP contribution in [-0.2, 0) is 19.1 Å². The first-order chi connectivity index (χ1) is 20.1. The topological polar surface area (TPSA) is 52.6 Å². The number of hydrogen-bond donors (Lipinski definition) is 0. The van der Waals surface area contributed by atoms with E-state index in [1.54, 1.807) is 18.6 Å². The first-order valence-corrected chi connectivity index (χ1v) is 18.3. The highest BCUT2D eigenvalue weighted by molar-refractivity contribution is 9.09. The van der Waals surface area contributed by atoms with E-state index >= 15 is 0 Å². The van der Waals surface area contributed by atoms with Gasteiger partial charge in [-0.3, -0.25) is 9.59 Å². The number of hydrogen-bond acceptors (Lipinski definition) is 4. The van der Waals surface area contributed by atoms with Crippen molar-refractivity contribution in [3.05, 3.63) is 48.1 Å². The molecule has 4 aliphatic rings. The highest BCUT2D eigenvalue weighted by Gasteiger charge is 2.30. The molecule has 4 rings (SSSR count). The van der Waals surface area contributed by atoms with Crippen LogP contribution < -0.4 is 0 Å². The summed E-state index contributed by atoms with van der Waals surface area (Å²) in [7, 11) is 0. The van der Waals surface area contributed by atoms with Gasteiger partial charge in [-0.15, -0.1) is 0 Å². The molecule has 0 radical (unpaired) electrons. The highest BCUT2D eigenvalue weighted by atomic mass is 79.9. The fourth-order valence-electron chi connectivity index (χ4n) is 5.15. The molecule has 46 heavy (non-hydrogen) atoms. The molecule has 0 N–H and O–H groups in total. The third kappa shape index (κ3) is 19.1. The molecule has 0 amide bonds. The van der Waals surface area contributed by atoms with E-state index in [9.17, 15) is 9.59 Å². The van der Waals surface area contributed by atoms with Gasteiger partial charge in [-0.25, -0.2) is 0 Å². The fourth-order valence-corrected chi connectivity index (χ4v) is 6.67. The molecular weight excluding hydrogens is 704 g/mol. The molecule has 0 bridgehead atoms. The van der Waals surface area contributed by atoms with Crippen molar-refractivity contribution in [3.63, 3.8) is 0 Å². The van der Waals surface area contributed by atoms with Gasteiger partial charge in [0.2, 0.25) is 0 Å². The molecule has 4 nitrogen and oxygen atoms in total. The number of rotatable bonds is 2. The summed E-state index contributed by atoms with van der Waals surface area (Å²) in [5.41, 5.74) is 2.83. The van der Waals surface area contributed by atoms with Gasteiger partial charge in [0.1, 0.15) is 0 Å². The maximum atomic E-state index is 11.1. The zero-order chi connectivity index (χ0) is 33.3. The van der Waals surface area contributed by atoms with E-state index in [-0.39, 0.29) is 40.0 Å². The lowest BCUT2D eigenvalue weighted by Gasteiger charge is -2.35. The number of esters is 1. The number of ether oxygens (including phenoxy) is 2. The Labute approximate surface area is 304 Å². The van der Waals surface area contributed by atoms with Gasteiger partial charge >= 0.3 is 5.97 Å². The number of ketones is 1. The standard InChI is InChI=1S/C10H16Br2.C10H16.C9H14O.C4H8O2.C4H8O.3CH4/c1-6-7(2)9(5-11)4-10(12)8(6)3;1-7-5-6-8(2)10(4)9(7)3;1-6-4-5-9(10)8(3)7(6)2;1-3-6-4(2)5;1-2-4-5-3-1;;;/h4,6-8,10H,5H2,1-3H3;5-6,8-10H,1H2,2-4H3;4-8H,1-3H3;3H2,1-2H3;1-4H2;3*1H4. The van der Waals surface area contributed by atoms with Crippen LogP contribution in [0.15, 0.2) is 48.1 Å². The summed E-state index contributed by atoms with van der Waals surface area (Å²) in [6.07, 6.45) is 13.1. The lowest BCUT2D eigenvalue weighted by atomic mass is 9.75. The predicted molar refractivity (Wildman–Crippen MR) is 212 cm³/mol. The van der Waals surface area contributed by atoms with Crippen molar-refractivity contribution in [2.75, 3.05) is 25.2 Å². The van der Waals surface area contributed by atoms with Crippen LogP contribution in [0.2, 0.25) is 0 Å². The molecule has 1 saturated heterocycles. The van der Waals surface area contributed by atoms with Crippen LogP contribution in [0.3, 0.4) is 0 Å². The largest absolute Gasteiger partial charge is 0.466 e. The molecule has 0 aromatic carbocycles. The molecule has 1 fully saturated rings. The van der Waals surface area contributed by atoms with Gasteiger partial charge in [0.05, 0.1) is 6.61 Å². The molecule has 0 aromatic rings. The molecule has 0 aromatic heterocycles. The monoisotopic (exact) mass is 776 g/mol. The normalized spacial score (nSPS) is 32.2. The molecule has 6 heteroatoms. The van der Waals surface area contributed by atoms with Crippen LogP contribution in [0.5, 0.6) is 0 Å². The minimum Gasteiger partial charge on any atom is -0.466 e. The Morgan fingerprint density at radius 2 is 1.30 bits per heavy atom.